The average molecular weight is 369 g/mol. The SMILES string of the molecule is O=C(c1ccc(OC2CCN(C[C@@H]3CC=CCC3)CC2)cc1)N1CCCC1. The van der Waals surface area contributed by atoms with Crippen LogP contribution in [0.25, 0.3) is 0 Å². The number of nitrogens with zero attached hydrogens (tertiary/aromatic N) is 2. The van der Waals surface area contributed by atoms with E-state index in [0.29, 0.717) is 6.10 Å². The third-order valence-corrected chi connectivity index (χ3v) is 6.23. The summed E-state index contributed by atoms with van der Waals surface area (Å²) >= 11 is 0. The van der Waals surface area contributed by atoms with Gasteiger partial charge in [0.25, 0.3) is 5.91 Å². The minimum atomic E-state index is 0.157. The van der Waals surface area contributed by atoms with Crippen LogP contribution in [0.4, 0.5) is 0 Å². The average Bonchev–Trinajstić information content (AvgIpc) is 3.25. The van der Waals surface area contributed by atoms with Gasteiger partial charge in [0.1, 0.15) is 11.9 Å². The molecule has 3 aliphatic rings. The number of benzene rings is 1. The van der Waals surface area contributed by atoms with Crippen molar-refractivity contribution in [2.24, 2.45) is 5.92 Å². The summed E-state index contributed by atoms with van der Waals surface area (Å²) in [6.07, 6.45) is 13.3. The summed E-state index contributed by atoms with van der Waals surface area (Å²) in [7, 11) is 0. The smallest absolute Gasteiger partial charge is 0.253 e. The van der Waals surface area contributed by atoms with Crippen LogP contribution < -0.4 is 4.74 Å². The number of piperidine rings is 1. The van der Waals surface area contributed by atoms with Gasteiger partial charge in [0.15, 0.2) is 0 Å². The molecule has 0 N–H and O–H groups in total. The Balaban J connectivity index is 1.23. The number of carbonyl (C=O) groups is 1. The maximum Gasteiger partial charge on any atom is 0.253 e. The molecule has 0 saturated carbocycles. The van der Waals surface area contributed by atoms with Gasteiger partial charge in [-0.2, -0.15) is 0 Å². The molecule has 2 aliphatic heterocycles. The van der Waals surface area contributed by atoms with E-state index in [2.05, 4.69) is 17.1 Å². The van der Waals surface area contributed by atoms with E-state index >= 15 is 0 Å². The lowest BCUT2D eigenvalue weighted by atomic mass is 9.93. The normalized spacial score (nSPS) is 24.3. The number of allylic oxidation sites excluding steroid dienone is 2. The van der Waals surface area contributed by atoms with Crippen molar-refractivity contribution in [2.75, 3.05) is 32.7 Å². The third kappa shape index (κ3) is 4.92. The van der Waals surface area contributed by atoms with Crippen LogP contribution in [0.3, 0.4) is 0 Å². The second kappa shape index (κ2) is 8.92. The number of hydrogen-bond acceptors (Lipinski definition) is 3. The van der Waals surface area contributed by atoms with Crippen LogP contribution in [0.2, 0.25) is 0 Å². The fourth-order valence-electron chi connectivity index (χ4n) is 4.57. The molecule has 0 aromatic heterocycles. The molecule has 4 heteroatoms. The van der Waals surface area contributed by atoms with Crippen LogP contribution in [0.5, 0.6) is 5.75 Å². The van der Waals surface area contributed by atoms with E-state index in [4.69, 9.17) is 4.74 Å². The Labute approximate surface area is 163 Å². The molecule has 27 heavy (non-hydrogen) atoms. The summed E-state index contributed by atoms with van der Waals surface area (Å²) in [5.41, 5.74) is 0.778. The molecule has 1 atom stereocenters. The standard InChI is InChI=1S/C23H32N2O2/c26-23(25-14-4-5-15-25)20-8-10-21(11-9-20)27-22-12-16-24(17-13-22)18-19-6-2-1-3-7-19/h1-2,8-11,19,22H,3-7,12-18H2/t19-/m1/s1. The quantitative estimate of drug-likeness (QED) is 0.733. The maximum atomic E-state index is 12.4. The molecule has 4 rings (SSSR count). The fraction of sp³-hybridized carbons (Fsp3) is 0.609. The third-order valence-electron chi connectivity index (χ3n) is 6.23. The number of likely N-dealkylation sites (tertiary alicyclic amines) is 2. The first kappa shape index (κ1) is 18.5. The first-order valence-electron chi connectivity index (χ1n) is 10.7. The Kier molecular flexibility index (Phi) is 6.13. The van der Waals surface area contributed by atoms with Gasteiger partial charge in [-0.1, -0.05) is 12.2 Å². The number of carbonyl (C=O) groups excluding carboxylic acids is 1. The van der Waals surface area contributed by atoms with Crippen molar-refractivity contribution in [3.63, 3.8) is 0 Å². The van der Waals surface area contributed by atoms with Crippen LogP contribution in [0.15, 0.2) is 36.4 Å². The molecule has 1 aromatic carbocycles. The highest BCUT2D eigenvalue weighted by molar-refractivity contribution is 5.94. The van der Waals surface area contributed by atoms with E-state index in [0.717, 1.165) is 69.1 Å². The monoisotopic (exact) mass is 368 g/mol. The van der Waals surface area contributed by atoms with Crippen LogP contribution in [0.1, 0.15) is 55.3 Å². The summed E-state index contributed by atoms with van der Waals surface area (Å²) in [6, 6.07) is 7.76. The second-order valence-electron chi connectivity index (χ2n) is 8.29. The van der Waals surface area contributed by atoms with Crippen LogP contribution in [-0.2, 0) is 0 Å². The van der Waals surface area contributed by atoms with Gasteiger partial charge in [-0.05, 0) is 75.1 Å². The van der Waals surface area contributed by atoms with Crippen molar-refractivity contribution < 1.29 is 9.53 Å². The van der Waals surface area contributed by atoms with Gasteiger partial charge in [0, 0.05) is 38.3 Å². The lowest BCUT2D eigenvalue weighted by molar-refractivity contribution is 0.0792. The molecule has 4 nitrogen and oxygen atoms in total. The topological polar surface area (TPSA) is 32.8 Å². The zero-order valence-electron chi connectivity index (χ0n) is 16.3. The summed E-state index contributed by atoms with van der Waals surface area (Å²) < 4.78 is 6.19. The highest BCUT2D eigenvalue weighted by Gasteiger charge is 2.23. The summed E-state index contributed by atoms with van der Waals surface area (Å²) in [5, 5.41) is 0. The van der Waals surface area contributed by atoms with E-state index in [9.17, 15) is 4.79 Å². The van der Waals surface area contributed by atoms with Gasteiger partial charge in [-0.25, -0.2) is 0 Å². The number of hydrogen-bond donors (Lipinski definition) is 0. The highest BCUT2D eigenvalue weighted by atomic mass is 16.5. The lowest BCUT2D eigenvalue weighted by Gasteiger charge is -2.34. The minimum absolute atomic E-state index is 0.157. The van der Waals surface area contributed by atoms with Crippen molar-refractivity contribution in [1.82, 2.24) is 9.80 Å². The number of rotatable bonds is 5. The largest absolute Gasteiger partial charge is 0.490 e. The molecule has 0 bridgehead atoms. The maximum absolute atomic E-state index is 12.4. The minimum Gasteiger partial charge on any atom is -0.490 e. The molecule has 1 amide bonds. The Hall–Kier alpha value is -1.81. The Bertz CT molecular complexity index is 641. The molecule has 0 spiro atoms. The van der Waals surface area contributed by atoms with Crippen molar-refractivity contribution in [2.45, 2.75) is 51.0 Å². The van der Waals surface area contributed by atoms with Crippen molar-refractivity contribution in [3.8, 4) is 5.75 Å². The summed E-state index contributed by atoms with van der Waals surface area (Å²) in [4.78, 5) is 17.0. The van der Waals surface area contributed by atoms with Gasteiger partial charge in [-0.15, -0.1) is 0 Å². The van der Waals surface area contributed by atoms with Crippen LogP contribution in [0, 0.1) is 5.92 Å². The lowest BCUT2D eigenvalue weighted by Crippen LogP contribution is -2.40. The Morgan fingerprint density at radius 1 is 0.963 bits per heavy atom. The molecule has 146 valence electrons. The van der Waals surface area contributed by atoms with Gasteiger partial charge in [0.2, 0.25) is 0 Å². The molecule has 2 fully saturated rings. The number of ether oxygens (including phenoxy) is 1. The molecule has 0 radical (unpaired) electrons. The predicted molar refractivity (Wildman–Crippen MR) is 108 cm³/mol. The van der Waals surface area contributed by atoms with Crippen molar-refractivity contribution >= 4 is 5.91 Å². The van der Waals surface area contributed by atoms with E-state index in [1.54, 1.807) is 0 Å². The van der Waals surface area contributed by atoms with Gasteiger partial charge in [0.05, 0.1) is 0 Å². The molecular weight excluding hydrogens is 336 g/mol. The van der Waals surface area contributed by atoms with Crippen LogP contribution >= 0.6 is 0 Å². The zero-order chi connectivity index (χ0) is 18.5. The first-order valence-corrected chi connectivity index (χ1v) is 10.7. The summed E-state index contributed by atoms with van der Waals surface area (Å²) in [6.45, 7) is 5.30. The fourth-order valence-corrected chi connectivity index (χ4v) is 4.57. The Morgan fingerprint density at radius 2 is 1.70 bits per heavy atom. The Morgan fingerprint density at radius 3 is 2.37 bits per heavy atom. The summed E-state index contributed by atoms with van der Waals surface area (Å²) in [5.74, 6) is 1.89. The van der Waals surface area contributed by atoms with Gasteiger partial charge < -0.3 is 14.5 Å². The van der Waals surface area contributed by atoms with E-state index in [1.165, 1.54) is 25.8 Å². The zero-order valence-corrected chi connectivity index (χ0v) is 16.3. The second-order valence-corrected chi connectivity index (χ2v) is 8.29. The molecule has 2 heterocycles. The molecule has 1 aliphatic carbocycles. The van der Waals surface area contributed by atoms with Crippen LogP contribution in [-0.4, -0.2) is 54.5 Å². The molecule has 2 saturated heterocycles. The van der Waals surface area contributed by atoms with Gasteiger partial charge in [-0.3, -0.25) is 4.79 Å². The van der Waals surface area contributed by atoms with E-state index in [-0.39, 0.29) is 5.91 Å². The first-order chi connectivity index (χ1) is 13.3. The highest BCUT2D eigenvalue weighted by Crippen LogP contribution is 2.24. The van der Waals surface area contributed by atoms with E-state index < -0.39 is 0 Å². The number of amides is 1. The predicted octanol–water partition coefficient (Wildman–Crippen LogP) is 4.12. The molecular formula is C23H32N2O2. The van der Waals surface area contributed by atoms with Crippen molar-refractivity contribution in [1.29, 1.82) is 0 Å². The van der Waals surface area contributed by atoms with Gasteiger partial charge >= 0.3 is 0 Å². The van der Waals surface area contributed by atoms with Crippen molar-refractivity contribution in [3.05, 3.63) is 42.0 Å². The molecule has 1 aromatic rings. The van der Waals surface area contributed by atoms with E-state index in [1.807, 2.05) is 29.2 Å². The molecule has 0 unspecified atom stereocenters.